The van der Waals surface area contributed by atoms with Crippen LogP contribution in [0.15, 0.2) is 0 Å². The maximum Gasteiger partial charge on any atom is 0.460 e. The van der Waals surface area contributed by atoms with Gasteiger partial charge in [0.2, 0.25) is 0 Å². The second-order valence-electron chi connectivity index (χ2n) is 5.52. The van der Waals surface area contributed by atoms with Gasteiger partial charge in [-0.05, 0) is 17.8 Å². The van der Waals surface area contributed by atoms with Gasteiger partial charge in [-0.15, -0.1) is 0 Å². The first kappa shape index (κ1) is 27.0. The van der Waals surface area contributed by atoms with Gasteiger partial charge in [-0.3, -0.25) is 9.59 Å². The minimum absolute atomic E-state index is 0.234. The number of halogens is 9. The van der Waals surface area contributed by atoms with Crippen molar-refractivity contribution in [2.45, 2.75) is 43.0 Å². The average molecular weight is 472 g/mol. The molecule has 0 amide bonds. The van der Waals surface area contributed by atoms with E-state index in [4.69, 9.17) is 0 Å². The minimum Gasteiger partial charge on any atom is -0.743 e. The lowest BCUT2D eigenvalue weighted by Crippen LogP contribution is -2.63. The summed E-state index contributed by atoms with van der Waals surface area (Å²) < 4.78 is 135. The Bertz CT molecular complexity index is 678. The van der Waals surface area contributed by atoms with Gasteiger partial charge in [-0.2, -0.15) is 39.5 Å². The molecule has 0 aromatic carbocycles. The summed E-state index contributed by atoms with van der Waals surface area (Å²) in [6, 6.07) is 0. The zero-order valence-electron chi connectivity index (χ0n) is 13.8. The molecule has 0 spiro atoms. The van der Waals surface area contributed by atoms with Crippen LogP contribution in [0.2, 0.25) is 0 Å². The quantitative estimate of drug-likeness (QED) is 0.349. The summed E-state index contributed by atoms with van der Waals surface area (Å²) in [5, 5.41) is -7.11. The smallest absolute Gasteiger partial charge is 0.460 e. The van der Waals surface area contributed by atoms with Crippen molar-refractivity contribution in [3.05, 3.63) is 0 Å². The van der Waals surface area contributed by atoms with Crippen LogP contribution in [0, 0.1) is 0 Å². The van der Waals surface area contributed by atoms with E-state index in [2.05, 4.69) is 0 Å². The Morgan fingerprint density at radius 2 is 1.36 bits per heavy atom. The third kappa shape index (κ3) is 5.98. The van der Waals surface area contributed by atoms with Crippen LogP contribution in [-0.2, 0) is 30.6 Å². The van der Waals surface area contributed by atoms with Crippen LogP contribution in [0.5, 0.6) is 0 Å². The van der Waals surface area contributed by atoms with Crippen LogP contribution in [0.4, 0.5) is 39.5 Å². The van der Waals surface area contributed by atoms with Crippen molar-refractivity contribution >= 4 is 32.6 Å². The van der Waals surface area contributed by atoms with Crippen molar-refractivity contribution in [1.29, 1.82) is 0 Å². The van der Waals surface area contributed by atoms with E-state index in [1.165, 1.54) is 0 Å². The van der Waals surface area contributed by atoms with Gasteiger partial charge in [0, 0.05) is 0 Å². The van der Waals surface area contributed by atoms with Gasteiger partial charge in [0.05, 0.1) is 12.8 Å². The molecule has 0 aromatic rings. The molecule has 5 nitrogen and oxygen atoms in total. The molecule has 28 heavy (non-hydrogen) atoms. The fourth-order valence-electron chi connectivity index (χ4n) is 1.69. The predicted octanol–water partition coefficient (Wildman–Crippen LogP) is 2.51. The Hall–Kier alpha value is -1.03. The van der Waals surface area contributed by atoms with E-state index >= 15 is 0 Å². The monoisotopic (exact) mass is 472 g/mol. The van der Waals surface area contributed by atoms with E-state index in [0.29, 0.717) is 24.4 Å². The number of ketones is 2. The van der Waals surface area contributed by atoms with Crippen molar-refractivity contribution < 1.29 is 62.1 Å². The Balaban J connectivity index is 0.000000567. The first-order chi connectivity index (χ1) is 12.2. The van der Waals surface area contributed by atoms with Crippen LogP contribution < -0.4 is 0 Å². The lowest BCUT2D eigenvalue weighted by Gasteiger charge is -2.34. The van der Waals surface area contributed by atoms with Crippen molar-refractivity contribution in [2.75, 3.05) is 17.3 Å². The maximum atomic E-state index is 12.2. The fraction of sp³-hybridized carbons (Fsp3) is 0.833. The molecular formula is C12H13F9O5S2. The minimum atomic E-state index is -7.43. The molecule has 0 saturated carbocycles. The van der Waals surface area contributed by atoms with Gasteiger partial charge >= 0.3 is 23.3 Å². The van der Waals surface area contributed by atoms with Crippen LogP contribution in [0.25, 0.3) is 0 Å². The summed E-state index contributed by atoms with van der Waals surface area (Å²) in [4.78, 5) is 21.5. The molecule has 1 heterocycles. The van der Waals surface area contributed by atoms with Gasteiger partial charge < -0.3 is 4.55 Å². The SMILES string of the molecule is CC(=O)C[S+]1CCC(=O)CC1.O=S(=O)([O-])C(F)(F)C(F)(F)C(F)(F)C(F)(F)F. The number of rotatable bonds is 5. The molecule has 0 bridgehead atoms. The predicted molar refractivity (Wildman–Crippen MR) is 77.5 cm³/mol. The van der Waals surface area contributed by atoms with Gasteiger partial charge in [0.25, 0.3) is 0 Å². The Kier molecular flexibility index (Phi) is 8.45. The number of Topliss-reactive ketones (excluding diaryl/α,β-unsaturated/α-hetero) is 2. The number of carbonyl (C=O) groups excluding carboxylic acids is 2. The first-order valence-corrected chi connectivity index (χ1v) is 10.1. The molecule has 166 valence electrons. The highest BCUT2D eigenvalue weighted by molar-refractivity contribution is 7.97. The molecule has 0 radical (unpaired) electrons. The highest BCUT2D eigenvalue weighted by atomic mass is 32.2. The van der Waals surface area contributed by atoms with Crippen molar-refractivity contribution in [3.8, 4) is 0 Å². The highest BCUT2D eigenvalue weighted by Crippen LogP contribution is 2.54. The zero-order chi connectivity index (χ0) is 22.8. The summed E-state index contributed by atoms with van der Waals surface area (Å²) in [6.07, 6.45) is -5.75. The Morgan fingerprint density at radius 3 is 1.64 bits per heavy atom. The second kappa shape index (κ2) is 8.77. The third-order valence-electron chi connectivity index (χ3n) is 3.18. The van der Waals surface area contributed by atoms with E-state index in [-0.39, 0.29) is 16.7 Å². The van der Waals surface area contributed by atoms with E-state index < -0.39 is 33.4 Å². The standard InChI is InChI=1S/C8H13O2S.C4HF9O3S/c1-7(9)6-11-4-2-8(10)3-5-11;5-1(6,3(9,10)11)2(7,8)4(12,13)17(14,15)16/h2-6H2,1H3;(H,14,15,16)/q+1;/p-1. The lowest BCUT2D eigenvalue weighted by atomic mass is 10.1. The molecule has 0 aliphatic carbocycles. The summed E-state index contributed by atoms with van der Waals surface area (Å²) in [5.74, 6) is -11.6. The fourth-order valence-corrected chi connectivity index (χ4v) is 4.24. The third-order valence-corrected chi connectivity index (χ3v) is 6.44. The summed E-state index contributed by atoms with van der Waals surface area (Å²) in [7, 11) is -7.18. The van der Waals surface area contributed by atoms with E-state index in [1.54, 1.807) is 6.92 Å². The zero-order valence-corrected chi connectivity index (χ0v) is 15.4. The van der Waals surface area contributed by atoms with Crippen LogP contribution >= 0.6 is 0 Å². The molecule has 0 N–H and O–H groups in total. The summed E-state index contributed by atoms with van der Waals surface area (Å²) >= 11 is 0. The van der Waals surface area contributed by atoms with E-state index in [0.717, 1.165) is 11.5 Å². The van der Waals surface area contributed by atoms with Gasteiger partial charge in [-0.1, -0.05) is 0 Å². The van der Waals surface area contributed by atoms with Crippen LogP contribution in [0.1, 0.15) is 19.8 Å². The van der Waals surface area contributed by atoms with Crippen molar-refractivity contribution in [2.24, 2.45) is 0 Å². The molecular weight excluding hydrogens is 459 g/mol. The number of hydrogen-bond donors (Lipinski definition) is 0. The molecule has 1 aliphatic heterocycles. The van der Waals surface area contributed by atoms with Crippen LogP contribution in [-0.4, -0.2) is 65.1 Å². The summed E-state index contributed by atoms with van der Waals surface area (Å²) in [6.45, 7) is 1.63. The van der Waals surface area contributed by atoms with Gasteiger partial charge in [-0.25, -0.2) is 8.42 Å². The molecule has 1 saturated heterocycles. The largest absolute Gasteiger partial charge is 0.743 e. The number of alkyl halides is 9. The number of hydrogen-bond acceptors (Lipinski definition) is 5. The average Bonchev–Trinajstić information content (AvgIpc) is 2.47. The highest BCUT2D eigenvalue weighted by Gasteiger charge is 2.83. The molecule has 0 unspecified atom stereocenters. The van der Waals surface area contributed by atoms with E-state index in [1.807, 2.05) is 0 Å². The molecule has 16 heteroatoms. The maximum absolute atomic E-state index is 12.2. The normalized spacial score (nSPS) is 17.8. The second-order valence-corrected chi connectivity index (χ2v) is 9.27. The molecule has 1 rings (SSSR count). The van der Waals surface area contributed by atoms with Crippen molar-refractivity contribution in [3.63, 3.8) is 0 Å². The first-order valence-electron chi connectivity index (χ1n) is 6.99. The topological polar surface area (TPSA) is 91.3 Å². The van der Waals surface area contributed by atoms with E-state index in [9.17, 15) is 62.1 Å². The van der Waals surface area contributed by atoms with Gasteiger partial charge in [0.1, 0.15) is 17.3 Å². The number of carbonyl (C=O) groups is 2. The molecule has 1 fully saturated rings. The lowest BCUT2D eigenvalue weighted by molar-refractivity contribution is -0.382. The molecule has 1 aliphatic rings. The Labute approximate surface area is 155 Å². The molecule has 0 aromatic heterocycles. The Morgan fingerprint density at radius 1 is 0.964 bits per heavy atom. The van der Waals surface area contributed by atoms with Crippen molar-refractivity contribution in [1.82, 2.24) is 0 Å². The van der Waals surface area contributed by atoms with Gasteiger partial charge in [0.15, 0.2) is 21.7 Å². The molecule has 0 atom stereocenters. The van der Waals surface area contributed by atoms with Crippen LogP contribution in [0.3, 0.4) is 0 Å². The summed E-state index contributed by atoms with van der Waals surface area (Å²) in [5.41, 5.74) is 0.